The molecule has 0 radical (unpaired) electrons. The van der Waals surface area contributed by atoms with Gasteiger partial charge in [0.2, 0.25) is 5.91 Å². The zero-order chi connectivity index (χ0) is 25.4. The molecule has 5 nitrogen and oxygen atoms in total. The van der Waals surface area contributed by atoms with Crippen LogP contribution < -0.4 is 4.90 Å². The minimum atomic E-state index is -0.0653. The molecule has 35 heavy (non-hydrogen) atoms. The molecule has 0 bridgehead atoms. The predicted octanol–water partition coefficient (Wildman–Crippen LogP) is 5.77. The Morgan fingerprint density at radius 2 is 1.49 bits per heavy atom. The van der Waals surface area contributed by atoms with Crippen LogP contribution in [0.25, 0.3) is 0 Å². The number of hydrogen-bond donors (Lipinski definition) is 0. The number of nitrogens with zero attached hydrogens (tertiary/aromatic N) is 3. The summed E-state index contributed by atoms with van der Waals surface area (Å²) in [5.74, 6) is 1.82. The fourth-order valence-electron chi connectivity index (χ4n) is 6.05. The van der Waals surface area contributed by atoms with Gasteiger partial charge in [0.05, 0.1) is 6.42 Å². The average molecular weight is 484 g/mol. The van der Waals surface area contributed by atoms with Crippen LogP contribution in [-0.2, 0) is 16.1 Å². The molecule has 2 saturated heterocycles. The van der Waals surface area contributed by atoms with E-state index in [0.29, 0.717) is 18.4 Å². The summed E-state index contributed by atoms with van der Waals surface area (Å²) in [4.78, 5) is 30.8. The molecule has 5 heteroatoms. The Balaban J connectivity index is 0.00000167. The number of carbonyl (C=O) groups excluding carboxylic acids is 2. The van der Waals surface area contributed by atoms with Crippen molar-refractivity contribution in [2.45, 2.75) is 86.1 Å². The first-order valence-electron chi connectivity index (χ1n) is 14.1. The van der Waals surface area contributed by atoms with E-state index in [9.17, 15) is 9.59 Å². The summed E-state index contributed by atoms with van der Waals surface area (Å²) in [6, 6.07) is 8.33. The Kier molecular flexibility index (Phi) is 10.4. The second-order valence-corrected chi connectivity index (χ2v) is 11.9. The van der Waals surface area contributed by atoms with Gasteiger partial charge in [-0.25, -0.2) is 0 Å². The van der Waals surface area contributed by atoms with Crippen LogP contribution in [0.5, 0.6) is 0 Å². The highest BCUT2D eigenvalue weighted by Crippen LogP contribution is 2.36. The van der Waals surface area contributed by atoms with E-state index in [1.165, 1.54) is 44.2 Å². The molecule has 0 atom stereocenters. The van der Waals surface area contributed by atoms with Crippen molar-refractivity contribution in [3.05, 3.63) is 29.8 Å². The normalized spacial score (nSPS) is 24.8. The lowest BCUT2D eigenvalue weighted by Gasteiger charge is -2.39. The minimum absolute atomic E-state index is 0.0461. The SMILES string of the molecule is CC.CC(C)(C)CC1CCC(CN2CCN(Cc3cccc(N4CCC(=O)CC4=O)c3)CC2)CC1. The molecular weight excluding hydrogens is 434 g/mol. The van der Waals surface area contributed by atoms with Crippen LogP contribution in [0.2, 0.25) is 0 Å². The van der Waals surface area contributed by atoms with Gasteiger partial charge < -0.3 is 9.80 Å². The van der Waals surface area contributed by atoms with Crippen molar-refractivity contribution < 1.29 is 9.59 Å². The first-order valence-corrected chi connectivity index (χ1v) is 14.1. The molecule has 3 fully saturated rings. The predicted molar refractivity (Wildman–Crippen MR) is 146 cm³/mol. The molecule has 1 aromatic carbocycles. The first kappa shape index (κ1) is 27.9. The van der Waals surface area contributed by atoms with E-state index in [-0.39, 0.29) is 18.1 Å². The van der Waals surface area contributed by atoms with E-state index in [2.05, 4.69) is 42.7 Å². The highest BCUT2D eigenvalue weighted by molar-refractivity contribution is 6.08. The van der Waals surface area contributed by atoms with Gasteiger partial charge in [-0.3, -0.25) is 14.5 Å². The largest absolute Gasteiger partial charge is 0.312 e. The minimum Gasteiger partial charge on any atom is -0.312 e. The van der Waals surface area contributed by atoms with Crippen LogP contribution in [-0.4, -0.2) is 60.8 Å². The van der Waals surface area contributed by atoms with Gasteiger partial charge in [0.15, 0.2) is 0 Å². The first-order chi connectivity index (χ1) is 16.7. The smallest absolute Gasteiger partial charge is 0.234 e. The summed E-state index contributed by atoms with van der Waals surface area (Å²) < 4.78 is 0. The maximum absolute atomic E-state index is 12.3. The molecule has 1 aliphatic carbocycles. The summed E-state index contributed by atoms with van der Waals surface area (Å²) in [6.07, 6.45) is 7.56. The van der Waals surface area contributed by atoms with Gasteiger partial charge in [-0.1, -0.05) is 59.6 Å². The Morgan fingerprint density at radius 1 is 0.857 bits per heavy atom. The highest BCUT2D eigenvalue weighted by Gasteiger charge is 2.28. The summed E-state index contributed by atoms with van der Waals surface area (Å²) in [5.41, 5.74) is 2.66. The van der Waals surface area contributed by atoms with E-state index >= 15 is 0 Å². The van der Waals surface area contributed by atoms with Crippen molar-refractivity contribution in [3.8, 4) is 0 Å². The van der Waals surface area contributed by atoms with E-state index in [1.807, 2.05) is 26.0 Å². The van der Waals surface area contributed by atoms with Gasteiger partial charge in [0.25, 0.3) is 0 Å². The highest BCUT2D eigenvalue weighted by atomic mass is 16.2. The van der Waals surface area contributed by atoms with E-state index in [0.717, 1.165) is 50.2 Å². The number of piperazine rings is 1. The van der Waals surface area contributed by atoms with Gasteiger partial charge in [-0.05, 0) is 54.2 Å². The summed E-state index contributed by atoms with van der Waals surface area (Å²) in [6.45, 7) is 18.4. The van der Waals surface area contributed by atoms with E-state index in [4.69, 9.17) is 0 Å². The number of rotatable bonds is 6. The Morgan fingerprint density at radius 3 is 2.11 bits per heavy atom. The maximum Gasteiger partial charge on any atom is 0.234 e. The van der Waals surface area contributed by atoms with Crippen LogP contribution in [0.3, 0.4) is 0 Å². The number of amides is 1. The van der Waals surface area contributed by atoms with E-state index < -0.39 is 0 Å². The van der Waals surface area contributed by atoms with Gasteiger partial charge in [-0.15, -0.1) is 0 Å². The van der Waals surface area contributed by atoms with Crippen molar-refractivity contribution >= 4 is 17.4 Å². The fourth-order valence-corrected chi connectivity index (χ4v) is 6.05. The van der Waals surface area contributed by atoms with Gasteiger partial charge in [0, 0.05) is 57.9 Å². The third-order valence-corrected chi connectivity index (χ3v) is 7.74. The maximum atomic E-state index is 12.3. The van der Waals surface area contributed by atoms with Gasteiger partial charge in [0.1, 0.15) is 5.78 Å². The molecule has 2 heterocycles. The summed E-state index contributed by atoms with van der Waals surface area (Å²) in [7, 11) is 0. The Bertz CT molecular complexity index is 815. The fraction of sp³-hybridized carbons (Fsp3) is 0.733. The third kappa shape index (κ3) is 8.71. The summed E-state index contributed by atoms with van der Waals surface area (Å²) in [5, 5.41) is 0. The molecule has 0 unspecified atom stereocenters. The number of ketones is 1. The zero-order valence-corrected chi connectivity index (χ0v) is 23.0. The number of Topliss-reactive ketones (excluding diaryl/α,β-unsaturated/α-hetero) is 1. The third-order valence-electron chi connectivity index (χ3n) is 7.74. The lowest BCUT2D eigenvalue weighted by Crippen LogP contribution is -2.47. The molecule has 196 valence electrons. The number of anilines is 1. The van der Waals surface area contributed by atoms with Crippen molar-refractivity contribution in [1.29, 1.82) is 0 Å². The summed E-state index contributed by atoms with van der Waals surface area (Å²) >= 11 is 0. The monoisotopic (exact) mass is 483 g/mol. The molecule has 0 N–H and O–H groups in total. The van der Waals surface area contributed by atoms with Crippen LogP contribution in [0, 0.1) is 17.3 Å². The van der Waals surface area contributed by atoms with Gasteiger partial charge in [-0.2, -0.15) is 0 Å². The molecule has 1 amide bonds. The average Bonchev–Trinajstić information content (AvgIpc) is 2.82. The van der Waals surface area contributed by atoms with Crippen LogP contribution in [0.4, 0.5) is 5.69 Å². The molecule has 0 spiro atoms. The molecule has 0 aromatic heterocycles. The van der Waals surface area contributed by atoms with Crippen molar-refractivity contribution in [2.75, 3.05) is 44.2 Å². The van der Waals surface area contributed by atoms with Crippen molar-refractivity contribution in [2.24, 2.45) is 17.3 Å². The zero-order valence-electron chi connectivity index (χ0n) is 23.0. The molecule has 2 aliphatic heterocycles. The van der Waals surface area contributed by atoms with Crippen LogP contribution >= 0.6 is 0 Å². The topological polar surface area (TPSA) is 43.9 Å². The Labute approximate surface area is 214 Å². The number of benzene rings is 1. The molecule has 4 rings (SSSR count). The van der Waals surface area contributed by atoms with Crippen LogP contribution in [0.1, 0.15) is 85.1 Å². The lowest BCUT2D eigenvalue weighted by molar-refractivity contribution is -0.128. The molecule has 1 saturated carbocycles. The molecule has 3 aliphatic rings. The lowest BCUT2D eigenvalue weighted by atomic mass is 9.74. The van der Waals surface area contributed by atoms with Crippen molar-refractivity contribution in [3.63, 3.8) is 0 Å². The van der Waals surface area contributed by atoms with E-state index in [1.54, 1.807) is 4.90 Å². The van der Waals surface area contributed by atoms with Crippen molar-refractivity contribution in [1.82, 2.24) is 9.80 Å². The number of piperidine rings is 1. The molecule has 1 aromatic rings. The number of carbonyl (C=O) groups is 2. The second-order valence-electron chi connectivity index (χ2n) is 11.9. The Hall–Kier alpha value is -1.72. The quantitative estimate of drug-likeness (QED) is 0.482. The van der Waals surface area contributed by atoms with Gasteiger partial charge >= 0.3 is 0 Å². The second kappa shape index (κ2) is 13.0. The van der Waals surface area contributed by atoms with Crippen LogP contribution in [0.15, 0.2) is 24.3 Å². The molecular formula is C30H49N3O2. The standard InChI is InChI=1S/C28H43N3O2.C2H6/c1-28(2,3)19-22-7-9-23(10-8-22)20-29-13-15-30(16-14-29)21-24-5-4-6-25(17-24)31-12-11-26(32)18-27(31)33;1-2/h4-6,17,22-23H,7-16,18-21H2,1-3H3;1-2H3. The number of hydrogen-bond acceptors (Lipinski definition) is 4.